The Balaban J connectivity index is 2.01. The van der Waals surface area contributed by atoms with Crippen LogP contribution in [0.3, 0.4) is 0 Å². The zero-order chi connectivity index (χ0) is 18.2. The first-order valence-corrected chi connectivity index (χ1v) is 9.33. The molecule has 1 aromatic rings. The van der Waals surface area contributed by atoms with Gasteiger partial charge in [0.2, 0.25) is 0 Å². The summed E-state index contributed by atoms with van der Waals surface area (Å²) in [7, 11) is 0. The number of hydrogen-bond donors (Lipinski definition) is 1. The Labute approximate surface area is 151 Å². The molecule has 0 saturated carbocycles. The first-order chi connectivity index (χ1) is 12.2. The van der Waals surface area contributed by atoms with Crippen LogP contribution in [-0.4, -0.2) is 33.8 Å². The Morgan fingerprint density at radius 3 is 2.44 bits per heavy atom. The Morgan fingerprint density at radius 1 is 1.12 bits per heavy atom. The van der Waals surface area contributed by atoms with Gasteiger partial charge in [-0.15, -0.1) is 0 Å². The number of carbonyl (C=O) groups excluding carboxylic acids is 1. The molecule has 0 aliphatic rings. The summed E-state index contributed by atoms with van der Waals surface area (Å²) < 4.78 is 4.95. The van der Waals surface area contributed by atoms with Gasteiger partial charge in [-0.25, -0.2) is 9.78 Å². The van der Waals surface area contributed by atoms with Gasteiger partial charge in [0.15, 0.2) is 12.3 Å². The molecule has 5 nitrogen and oxygen atoms in total. The summed E-state index contributed by atoms with van der Waals surface area (Å²) in [4.78, 5) is 19.2. The SMILES string of the molecule is CCCCCCCCCCCC(O)C#CCOC(=O)c1cnccn1. The molecule has 0 radical (unpaired) electrons. The van der Waals surface area contributed by atoms with Crippen molar-refractivity contribution < 1.29 is 14.6 Å². The number of aromatic nitrogens is 2. The second-order valence-corrected chi connectivity index (χ2v) is 6.12. The van der Waals surface area contributed by atoms with Crippen molar-refractivity contribution in [3.05, 3.63) is 24.3 Å². The van der Waals surface area contributed by atoms with Gasteiger partial charge in [-0.2, -0.15) is 0 Å². The summed E-state index contributed by atoms with van der Waals surface area (Å²) in [5.74, 6) is 4.82. The van der Waals surface area contributed by atoms with Gasteiger partial charge in [0.25, 0.3) is 0 Å². The number of aliphatic hydroxyl groups excluding tert-OH is 1. The normalized spacial score (nSPS) is 11.4. The van der Waals surface area contributed by atoms with Crippen molar-refractivity contribution in [2.45, 2.75) is 77.2 Å². The number of aliphatic hydroxyl groups is 1. The van der Waals surface area contributed by atoms with Crippen molar-refractivity contribution in [2.75, 3.05) is 6.61 Å². The van der Waals surface area contributed by atoms with Crippen LogP contribution in [0.1, 0.15) is 81.6 Å². The van der Waals surface area contributed by atoms with E-state index < -0.39 is 12.1 Å². The molecule has 25 heavy (non-hydrogen) atoms. The summed E-state index contributed by atoms with van der Waals surface area (Å²) in [6.45, 7) is 2.18. The molecule has 1 rings (SSSR count). The standard InChI is InChI=1S/C20H30N2O3/c1-2-3-4-5-6-7-8-9-10-12-18(23)13-11-16-25-20(24)19-17-21-14-15-22-19/h14-15,17-18,23H,2-10,12,16H2,1H3. The van der Waals surface area contributed by atoms with Gasteiger partial charge in [0.1, 0.15) is 6.10 Å². The first-order valence-electron chi connectivity index (χ1n) is 9.33. The number of nitrogens with zero attached hydrogens (tertiary/aromatic N) is 2. The molecular weight excluding hydrogens is 316 g/mol. The van der Waals surface area contributed by atoms with Crippen LogP contribution in [0.2, 0.25) is 0 Å². The molecule has 1 N–H and O–H groups in total. The van der Waals surface area contributed by atoms with Crippen LogP contribution in [0.5, 0.6) is 0 Å². The lowest BCUT2D eigenvalue weighted by Gasteiger charge is -2.04. The van der Waals surface area contributed by atoms with Crippen LogP contribution in [0.15, 0.2) is 18.6 Å². The number of ether oxygens (including phenoxy) is 1. The highest BCUT2D eigenvalue weighted by Gasteiger charge is 2.07. The molecule has 0 fully saturated rings. The number of unbranched alkanes of at least 4 members (excludes halogenated alkanes) is 8. The smallest absolute Gasteiger partial charge is 0.359 e. The third kappa shape index (κ3) is 11.3. The number of carbonyl (C=O) groups is 1. The lowest BCUT2D eigenvalue weighted by Crippen LogP contribution is -2.08. The highest BCUT2D eigenvalue weighted by Crippen LogP contribution is 2.11. The van der Waals surface area contributed by atoms with E-state index in [1.807, 2.05) is 0 Å². The maximum atomic E-state index is 11.6. The summed E-state index contributed by atoms with van der Waals surface area (Å²) in [5, 5.41) is 9.79. The van der Waals surface area contributed by atoms with Gasteiger partial charge in [0, 0.05) is 12.4 Å². The van der Waals surface area contributed by atoms with Crippen LogP contribution in [-0.2, 0) is 4.74 Å². The molecule has 1 atom stereocenters. The average molecular weight is 346 g/mol. The molecule has 138 valence electrons. The zero-order valence-electron chi connectivity index (χ0n) is 15.2. The second-order valence-electron chi connectivity index (χ2n) is 6.12. The molecule has 5 heteroatoms. The molecule has 0 bridgehead atoms. The van der Waals surface area contributed by atoms with Crippen molar-refractivity contribution in [3.8, 4) is 11.8 Å². The lowest BCUT2D eigenvalue weighted by molar-refractivity contribution is 0.0548. The quantitative estimate of drug-likeness (QED) is 0.353. The van der Waals surface area contributed by atoms with E-state index >= 15 is 0 Å². The molecule has 0 spiro atoms. The average Bonchev–Trinajstić information content (AvgIpc) is 2.64. The Bertz CT molecular complexity index is 523. The molecule has 0 aliphatic heterocycles. The Hall–Kier alpha value is -1.93. The molecule has 1 unspecified atom stereocenters. The second kappa shape index (κ2) is 14.4. The third-order valence-corrected chi connectivity index (χ3v) is 3.90. The zero-order valence-corrected chi connectivity index (χ0v) is 15.2. The van der Waals surface area contributed by atoms with Crippen LogP contribution in [0, 0.1) is 11.8 Å². The number of rotatable bonds is 12. The predicted octanol–water partition coefficient (Wildman–Crippen LogP) is 3.92. The van der Waals surface area contributed by atoms with Crippen LogP contribution < -0.4 is 0 Å². The van der Waals surface area contributed by atoms with Crippen molar-refractivity contribution in [2.24, 2.45) is 0 Å². The van der Waals surface area contributed by atoms with Crippen molar-refractivity contribution in [1.82, 2.24) is 9.97 Å². The van der Waals surface area contributed by atoms with Gasteiger partial charge in [0.05, 0.1) is 6.20 Å². The molecule has 1 heterocycles. The van der Waals surface area contributed by atoms with Crippen LogP contribution in [0.4, 0.5) is 0 Å². The van der Waals surface area contributed by atoms with E-state index in [2.05, 4.69) is 28.7 Å². The van der Waals surface area contributed by atoms with Gasteiger partial charge in [-0.05, 0) is 12.8 Å². The van der Waals surface area contributed by atoms with E-state index in [0.29, 0.717) is 6.42 Å². The summed E-state index contributed by atoms with van der Waals surface area (Å²) in [6, 6.07) is 0. The lowest BCUT2D eigenvalue weighted by atomic mass is 10.1. The maximum Gasteiger partial charge on any atom is 0.359 e. The van der Waals surface area contributed by atoms with Crippen LogP contribution >= 0.6 is 0 Å². The molecule has 0 aliphatic carbocycles. The molecule has 1 aromatic heterocycles. The molecule has 0 saturated heterocycles. The van der Waals surface area contributed by atoms with E-state index in [1.165, 1.54) is 63.5 Å². The summed E-state index contributed by atoms with van der Waals surface area (Å²) in [5.41, 5.74) is 0.152. The van der Waals surface area contributed by atoms with E-state index in [9.17, 15) is 9.90 Å². The molecule has 0 amide bonds. The van der Waals surface area contributed by atoms with E-state index in [0.717, 1.165) is 12.8 Å². The Kier molecular flexibility index (Phi) is 12.2. The summed E-state index contributed by atoms with van der Waals surface area (Å²) in [6.07, 6.45) is 15.5. The van der Waals surface area contributed by atoms with Crippen molar-refractivity contribution in [3.63, 3.8) is 0 Å². The van der Waals surface area contributed by atoms with Gasteiger partial charge in [-0.1, -0.05) is 70.1 Å². The number of hydrogen-bond acceptors (Lipinski definition) is 5. The minimum atomic E-state index is -0.653. The molecular formula is C20H30N2O3. The minimum absolute atomic E-state index is 0.0514. The van der Waals surface area contributed by atoms with Crippen molar-refractivity contribution in [1.29, 1.82) is 0 Å². The fourth-order valence-electron chi connectivity index (χ4n) is 2.46. The van der Waals surface area contributed by atoms with E-state index in [-0.39, 0.29) is 12.3 Å². The van der Waals surface area contributed by atoms with Gasteiger partial charge < -0.3 is 9.84 Å². The first kappa shape index (κ1) is 21.1. The monoisotopic (exact) mass is 346 g/mol. The topological polar surface area (TPSA) is 72.3 Å². The van der Waals surface area contributed by atoms with E-state index in [4.69, 9.17) is 4.74 Å². The fourth-order valence-corrected chi connectivity index (χ4v) is 2.46. The van der Waals surface area contributed by atoms with Crippen molar-refractivity contribution >= 4 is 5.97 Å². The largest absolute Gasteiger partial charge is 0.448 e. The minimum Gasteiger partial charge on any atom is -0.448 e. The van der Waals surface area contributed by atoms with Crippen LogP contribution in [0.25, 0.3) is 0 Å². The third-order valence-electron chi connectivity index (χ3n) is 3.90. The van der Waals surface area contributed by atoms with Gasteiger partial charge >= 0.3 is 5.97 Å². The predicted molar refractivity (Wildman–Crippen MR) is 97.9 cm³/mol. The highest BCUT2D eigenvalue weighted by molar-refractivity contribution is 5.86. The fraction of sp³-hybridized carbons (Fsp3) is 0.650. The molecule has 0 aromatic carbocycles. The number of esters is 1. The highest BCUT2D eigenvalue weighted by atomic mass is 16.5. The van der Waals surface area contributed by atoms with E-state index in [1.54, 1.807) is 0 Å². The Morgan fingerprint density at radius 2 is 1.80 bits per heavy atom. The summed E-state index contributed by atoms with van der Waals surface area (Å²) >= 11 is 0. The van der Waals surface area contributed by atoms with Gasteiger partial charge in [-0.3, -0.25) is 4.98 Å². The maximum absolute atomic E-state index is 11.6.